The first kappa shape index (κ1) is 17.4. The molecular formula is C15H15N3O5S. The number of hydrogen-bond donors (Lipinski definition) is 1. The predicted molar refractivity (Wildman–Crippen MR) is 88.0 cm³/mol. The zero-order valence-electron chi connectivity index (χ0n) is 12.7. The topological polar surface area (TPSA) is 124 Å². The number of nitro groups is 1. The molecule has 126 valence electrons. The number of nitro benzene ring substituents is 1. The second-order valence-electron chi connectivity index (χ2n) is 5.07. The number of hydrogen-bond acceptors (Lipinski definition) is 5. The van der Waals surface area contributed by atoms with Crippen molar-refractivity contribution >= 4 is 27.3 Å². The number of nitrogens with two attached hydrogens (primary N) is 1. The third-order valence-corrected chi connectivity index (χ3v) is 5.01. The van der Waals surface area contributed by atoms with Crippen LogP contribution in [0.1, 0.15) is 5.56 Å². The summed E-state index contributed by atoms with van der Waals surface area (Å²) in [5, 5.41) is 10.9. The Hall–Kier alpha value is -2.94. The van der Waals surface area contributed by atoms with E-state index in [0.29, 0.717) is 0 Å². The molecular weight excluding hydrogens is 334 g/mol. The molecule has 9 heteroatoms. The highest BCUT2D eigenvalue weighted by atomic mass is 32.2. The van der Waals surface area contributed by atoms with Crippen LogP contribution in [0.25, 0.3) is 0 Å². The van der Waals surface area contributed by atoms with Crippen LogP contribution in [0.2, 0.25) is 0 Å². The molecule has 2 aromatic rings. The lowest BCUT2D eigenvalue weighted by molar-refractivity contribution is -0.385. The number of carbonyl (C=O) groups excluding carboxylic acids is 1. The SMILES string of the molecule is Cc1ccc(N(CC(N)=O)S(=O)(=O)c2cccc([N+](=O)[O-])c2)cc1. The highest BCUT2D eigenvalue weighted by molar-refractivity contribution is 7.92. The van der Waals surface area contributed by atoms with E-state index in [4.69, 9.17) is 5.73 Å². The summed E-state index contributed by atoms with van der Waals surface area (Å²) in [6, 6.07) is 11.1. The number of carbonyl (C=O) groups is 1. The molecule has 2 N–H and O–H groups in total. The molecule has 8 nitrogen and oxygen atoms in total. The van der Waals surface area contributed by atoms with Gasteiger partial charge in [-0.05, 0) is 25.1 Å². The summed E-state index contributed by atoms with van der Waals surface area (Å²) in [6.07, 6.45) is 0. The molecule has 0 radical (unpaired) electrons. The summed E-state index contributed by atoms with van der Waals surface area (Å²) >= 11 is 0. The Labute approximate surface area is 138 Å². The Kier molecular flexibility index (Phi) is 4.84. The molecule has 0 heterocycles. The van der Waals surface area contributed by atoms with Crippen molar-refractivity contribution in [2.45, 2.75) is 11.8 Å². The van der Waals surface area contributed by atoms with E-state index in [-0.39, 0.29) is 16.3 Å². The summed E-state index contributed by atoms with van der Waals surface area (Å²) in [4.78, 5) is 21.2. The van der Waals surface area contributed by atoms with Gasteiger partial charge in [0, 0.05) is 12.1 Å². The zero-order chi connectivity index (χ0) is 17.9. The van der Waals surface area contributed by atoms with Gasteiger partial charge in [0.05, 0.1) is 15.5 Å². The minimum atomic E-state index is -4.19. The average molecular weight is 349 g/mol. The number of nitrogens with zero attached hydrogens (tertiary/aromatic N) is 2. The largest absolute Gasteiger partial charge is 0.368 e. The van der Waals surface area contributed by atoms with Gasteiger partial charge >= 0.3 is 0 Å². The van der Waals surface area contributed by atoms with Crippen molar-refractivity contribution in [1.29, 1.82) is 0 Å². The van der Waals surface area contributed by atoms with Gasteiger partial charge < -0.3 is 5.73 Å². The van der Waals surface area contributed by atoms with Crippen LogP contribution >= 0.6 is 0 Å². The van der Waals surface area contributed by atoms with Gasteiger partial charge in [-0.15, -0.1) is 0 Å². The number of non-ortho nitro benzene ring substituents is 1. The predicted octanol–water partition coefficient (Wildman–Crippen LogP) is 1.58. The second kappa shape index (κ2) is 6.67. The molecule has 0 bridgehead atoms. The van der Waals surface area contributed by atoms with E-state index >= 15 is 0 Å². The first-order valence-electron chi connectivity index (χ1n) is 6.84. The summed E-state index contributed by atoms with van der Waals surface area (Å²) < 4.78 is 26.5. The van der Waals surface area contributed by atoms with Crippen molar-refractivity contribution in [2.75, 3.05) is 10.8 Å². The fraction of sp³-hybridized carbons (Fsp3) is 0.133. The number of anilines is 1. The lowest BCUT2D eigenvalue weighted by Gasteiger charge is -2.23. The van der Waals surface area contributed by atoms with E-state index in [9.17, 15) is 23.3 Å². The molecule has 2 rings (SSSR count). The Bertz CT molecular complexity index is 878. The van der Waals surface area contributed by atoms with Gasteiger partial charge in [0.15, 0.2) is 0 Å². The Balaban J connectivity index is 2.55. The molecule has 0 aromatic heterocycles. The second-order valence-corrected chi connectivity index (χ2v) is 6.93. The van der Waals surface area contributed by atoms with Gasteiger partial charge in [0.1, 0.15) is 6.54 Å². The van der Waals surface area contributed by atoms with Crippen LogP contribution in [0, 0.1) is 17.0 Å². The van der Waals surface area contributed by atoms with Crippen LogP contribution in [0.5, 0.6) is 0 Å². The maximum Gasteiger partial charge on any atom is 0.270 e. The fourth-order valence-corrected chi connectivity index (χ4v) is 3.52. The minimum absolute atomic E-state index is 0.242. The van der Waals surface area contributed by atoms with E-state index in [1.54, 1.807) is 12.1 Å². The van der Waals surface area contributed by atoms with Crippen LogP contribution in [-0.4, -0.2) is 25.8 Å². The number of benzene rings is 2. The van der Waals surface area contributed by atoms with Gasteiger partial charge in [-0.2, -0.15) is 0 Å². The Morgan fingerprint density at radius 2 is 1.83 bits per heavy atom. The summed E-state index contributed by atoms with van der Waals surface area (Å²) in [7, 11) is -4.19. The number of aryl methyl sites for hydroxylation is 1. The van der Waals surface area contributed by atoms with Crippen molar-refractivity contribution in [1.82, 2.24) is 0 Å². The number of primary amides is 1. The molecule has 0 unspecified atom stereocenters. The lowest BCUT2D eigenvalue weighted by atomic mass is 10.2. The molecule has 1 amide bonds. The molecule has 0 saturated heterocycles. The minimum Gasteiger partial charge on any atom is -0.368 e. The van der Waals surface area contributed by atoms with Crippen molar-refractivity contribution in [2.24, 2.45) is 5.73 Å². The van der Waals surface area contributed by atoms with Crippen molar-refractivity contribution in [3.63, 3.8) is 0 Å². The van der Waals surface area contributed by atoms with Crippen molar-refractivity contribution < 1.29 is 18.1 Å². The Morgan fingerprint density at radius 1 is 1.21 bits per heavy atom. The van der Waals surface area contributed by atoms with Gasteiger partial charge in [-0.3, -0.25) is 19.2 Å². The fourth-order valence-electron chi connectivity index (χ4n) is 2.05. The first-order valence-corrected chi connectivity index (χ1v) is 8.28. The Morgan fingerprint density at radius 3 is 2.38 bits per heavy atom. The number of amides is 1. The number of sulfonamides is 1. The molecule has 24 heavy (non-hydrogen) atoms. The molecule has 0 spiro atoms. The van der Waals surface area contributed by atoms with Crippen LogP contribution < -0.4 is 10.0 Å². The van der Waals surface area contributed by atoms with Crippen molar-refractivity contribution in [3.8, 4) is 0 Å². The molecule has 0 aliphatic heterocycles. The summed E-state index contributed by atoms with van der Waals surface area (Å²) in [5.41, 5.74) is 5.95. The maximum atomic E-state index is 12.8. The maximum absolute atomic E-state index is 12.8. The smallest absolute Gasteiger partial charge is 0.270 e. The van der Waals surface area contributed by atoms with Crippen LogP contribution in [0.3, 0.4) is 0 Å². The molecule has 0 aliphatic carbocycles. The molecule has 0 saturated carbocycles. The highest BCUT2D eigenvalue weighted by Crippen LogP contribution is 2.26. The van der Waals surface area contributed by atoms with Gasteiger partial charge in [0.2, 0.25) is 5.91 Å². The monoisotopic (exact) mass is 349 g/mol. The van der Waals surface area contributed by atoms with E-state index < -0.39 is 27.4 Å². The highest BCUT2D eigenvalue weighted by Gasteiger charge is 2.27. The summed E-state index contributed by atoms with van der Waals surface area (Å²) in [5.74, 6) is -0.843. The van der Waals surface area contributed by atoms with E-state index in [2.05, 4.69) is 0 Å². The number of rotatable bonds is 6. The third kappa shape index (κ3) is 3.69. The van der Waals surface area contributed by atoms with Crippen molar-refractivity contribution in [3.05, 3.63) is 64.2 Å². The van der Waals surface area contributed by atoms with Crippen LogP contribution in [0.4, 0.5) is 11.4 Å². The van der Waals surface area contributed by atoms with Crippen LogP contribution in [-0.2, 0) is 14.8 Å². The van der Waals surface area contributed by atoms with E-state index in [1.807, 2.05) is 6.92 Å². The van der Waals surface area contributed by atoms with E-state index in [1.165, 1.54) is 30.3 Å². The quantitative estimate of drug-likeness (QED) is 0.626. The van der Waals surface area contributed by atoms with Crippen LogP contribution in [0.15, 0.2) is 53.4 Å². The van der Waals surface area contributed by atoms with Gasteiger partial charge in [-0.25, -0.2) is 8.42 Å². The first-order chi connectivity index (χ1) is 11.2. The molecule has 2 aromatic carbocycles. The summed E-state index contributed by atoms with van der Waals surface area (Å²) in [6.45, 7) is 1.26. The van der Waals surface area contributed by atoms with Gasteiger partial charge in [-0.1, -0.05) is 23.8 Å². The molecule has 0 atom stereocenters. The standard InChI is InChI=1S/C15H15N3O5S/c1-11-5-7-12(8-6-11)17(10-15(16)19)24(22,23)14-4-2-3-13(9-14)18(20)21/h2-9H,10H2,1H3,(H2,16,19). The van der Waals surface area contributed by atoms with Gasteiger partial charge in [0.25, 0.3) is 15.7 Å². The molecule has 0 aliphatic rings. The molecule has 0 fully saturated rings. The zero-order valence-corrected chi connectivity index (χ0v) is 13.6. The lowest BCUT2D eigenvalue weighted by Crippen LogP contribution is -2.38. The normalized spacial score (nSPS) is 11.0. The average Bonchev–Trinajstić information content (AvgIpc) is 2.53. The van der Waals surface area contributed by atoms with E-state index in [0.717, 1.165) is 15.9 Å². The third-order valence-electron chi connectivity index (χ3n) is 3.24.